The molecule has 2 aromatic rings. The zero-order valence-electron chi connectivity index (χ0n) is 17.3. The van der Waals surface area contributed by atoms with E-state index < -0.39 is 0 Å². The predicted octanol–water partition coefficient (Wildman–Crippen LogP) is 4.52. The predicted molar refractivity (Wildman–Crippen MR) is 113 cm³/mol. The van der Waals surface area contributed by atoms with E-state index in [2.05, 4.69) is 24.3 Å². The molecule has 150 valence electrons. The van der Waals surface area contributed by atoms with Crippen molar-refractivity contribution >= 4 is 11.5 Å². The highest BCUT2D eigenvalue weighted by Crippen LogP contribution is 2.45. The van der Waals surface area contributed by atoms with Gasteiger partial charge in [0.25, 0.3) is 0 Å². The van der Waals surface area contributed by atoms with Crippen LogP contribution in [0.5, 0.6) is 11.5 Å². The highest BCUT2D eigenvalue weighted by atomic mass is 16.5. The normalized spacial score (nSPS) is 20.6. The molecule has 0 N–H and O–H groups in total. The summed E-state index contributed by atoms with van der Waals surface area (Å²) in [6.07, 6.45) is 3.64. The summed E-state index contributed by atoms with van der Waals surface area (Å²) in [5, 5.41) is 7.03. The van der Waals surface area contributed by atoms with Crippen LogP contribution in [0.3, 0.4) is 0 Å². The highest BCUT2D eigenvalue weighted by Gasteiger charge is 2.42. The molecule has 0 bridgehead atoms. The van der Waals surface area contributed by atoms with Crippen molar-refractivity contribution in [1.82, 2.24) is 5.01 Å². The number of aryl methyl sites for hydroxylation is 1. The summed E-state index contributed by atoms with van der Waals surface area (Å²) in [7, 11) is 3.36. The van der Waals surface area contributed by atoms with Crippen molar-refractivity contribution in [3.63, 3.8) is 0 Å². The van der Waals surface area contributed by atoms with Crippen LogP contribution in [0, 0.1) is 5.92 Å². The second-order valence-electron chi connectivity index (χ2n) is 7.61. The van der Waals surface area contributed by atoms with Gasteiger partial charge in [-0.3, -0.25) is 9.80 Å². The smallest absolute Gasteiger partial charge is 0.154 e. The van der Waals surface area contributed by atoms with Crippen LogP contribution >= 0.6 is 0 Å². The lowest BCUT2D eigenvalue weighted by molar-refractivity contribution is -0.112. The summed E-state index contributed by atoms with van der Waals surface area (Å²) < 4.78 is 10.7. The minimum absolute atomic E-state index is 0.0242. The molecule has 29 heavy (non-hydrogen) atoms. The van der Waals surface area contributed by atoms with Gasteiger partial charge in [0.05, 0.1) is 26.0 Å². The first-order valence-electron chi connectivity index (χ1n) is 9.89. The first-order chi connectivity index (χ1) is 14.0. The second-order valence-corrected chi connectivity index (χ2v) is 7.61. The maximum atomic E-state index is 11.7. The van der Waals surface area contributed by atoms with Crippen molar-refractivity contribution in [3.05, 3.63) is 70.9 Å². The molecule has 2 atom stereocenters. The number of methoxy groups -OCH3 is 2. The minimum Gasteiger partial charge on any atom is -0.497 e. The SMILES string of the molecule is COc1ccc([C@H]2[C@@H]3CCc4cc(OC)ccc4C3=NN2/C(C)=C/C(C)=O)cc1. The molecule has 0 spiro atoms. The van der Waals surface area contributed by atoms with Crippen molar-refractivity contribution in [2.24, 2.45) is 11.0 Å². The number of nitrogens with zero attached hydrogens (tertiary/aromatic N) is 2. The Bertz CT molecular complexity index is 992. The number of hydrazone groups is 1. The van der Waals surface area contributed by atoms with Crippen LogP contribution in [0.15, 0.2) is 59.3 Å². The van der Waals surface area contributed by atoms with E-state index in [1.54, 1.807) is 27.2 Å². The number of benzene rings is 2. The van der Waals surface area contributed by atoms with Crippen LogP contribution in [-0.2, 0) is 11.2 Å². The van der Waals surface area contributed by atoms with Gasteiger partial charge in [-0.25, -0.2) is 0 Å². The fourth-order valence-corrected chi connectivity index (χ4v) is 4.42. The van der Waals surface area contributed by atoms with Crippen molar-refractivity contribution in [1.29, 1.82) is 0 Å². The highest BCUT2D eigenvalue weighted by molar-refractivity contribution is 6.06. The molecule has 0 radical (unpaired) electrons. The van der Waals surface area contributed by atoms with Gasteiger partial charge in [-0.05, 0) is 68.1 Å². The number of hydrogen-bond acceptors (Lipinski definition) is 5. The van der Waals surface area contributed by atoms with Gasteiger partial charge in [0.1, 0.15) is 11.5 Å². The summed E-state index contributed by atoms with van der Waals surface area (Å²) in [4.78, 5) is 11.7. The average molecular weight is 390 g/mol. The lowest BCUT2D eigenvalue weighted by Gasteiger charge is -2.31. The van der Waals surface area contributed by atoms with Gasteiger partial charge in [-0.15, -0.1) is 0 Å². The summed E-state index contributed by atoms with van der Waals surface area (Å²) >= 11 is 0. The number of hydrogen-bond donors (Lipinski definition) is 0. The van der Waals surface area contributed by atoms with Crippen LogP contribution < -0.4 is 9.47 Å². The fourth-order valence-electron chi connectivity index (χ4n) is 4.42. The summed E-state index contributed by atoms with van der Waals surface area (Å²) in [6, 6.07) is 14.4. The molecule has 2 aliphatic rings. The van der Waals surface area contributed by atoms with E-state index in [0.29, 0.717) is 0 Å². The molecule has 0 amide bonds. The molecule has 5 nitrogen and oxygen atoms in total. The third kappa shape index (κ3) is 3.53. The Morgan fingerprint density at radius 3 is 2.41 bits per heavy atom. The number of carbonyl (C=O) groups excluding carboxylic acids is 1. The quantitative estimate of drug-likeness (QED) is 0.705. The Balaban J connectivity index is 1.79. The second kappa shape index (κ2) is 7.74. The first-order valence-corrected chi connectivity index (χ1v) is 9.89. The zero-order valence-corrected chi connectivity index (χ0v) is 17.3. The minimum atomic E-state index is 0.0242. The molecule has 5 heteroatoms. The monoisotopic (exact) mass is 390 g/mol. The molecule has 0 fully saturated rings. The van der Waals surface area contributed by atoms with E-state index >= 15 is 0 Å². The van der Waals surface area contributed by atoms with E-state index in [4.69, 9.17) is 14.6 Å². The number of fused-ring (bicyclic) bond motifs is 3. The van der Waals surface area contributed by atoms with Gasteiger partial charge in [-0.1, -0.05) is 12.1 Å². The first kappa shape index (κ1) is 19.2. The standard InChI is InChI=1S/C24H26N2O3/c1-15(13-16(2)27)26-24(17-5-8-19(28-3)9-6-17)22-11-7-18-14-20(29-4)10-12-21(18)23(22)25-26/h5-6,8-10,12-14,22,24H,7,11H2,1-4H3/b15-13+/t22-,24+/m1/s1. The van der Waals surface area contributed by atoms with Gasteiger partial charge in [0.15, 0.2) is 5.78 Å². The number of allylic oxidation sites excluding steroid dienone is 2. The molecule has 4 rings (SSSR count). The zero-order chi connectivity index (χ0) is 20.5. The largest absolute Gasteiger partial charge is 0.497 e. The Labute approximate surface area is 171 Å². The van der Waals surface area contributed by atoms with Crippen molar-refractivity contribution in [2.45, 2.75) is 32.7 Å². The third-order valence-corrected chi connectivity index (χ3v) is 5.76. The molecule has 0 unspecified atom stereocenters. The molecule has 0 aromatic heterocycles. The Kier molecular flexibility index (Phi) is 5.14. The van der Waals surface area contributed by atoms with E-state index in [0.717, 1.165) is 35.7 Å². The Hall–Kier alpha value is -3.08. The number of carbonyl (C=O) groups is 1. The van der Waals surface area contributed by atoms with Crippen LogP contribution in [0.1, 0.15) is 43.0 Å². The molecule has 1 aliphatic carbocycles. The lowest BCUT2D eigenvalue weighted by atomic mass is 9.77. The van der Waals surface area contributed by atoms with E-state index in [1.165, 1.54) is 16.7 Å². The number of ketones is 1. The molecule has 0 saturated heterocycles. The number of ether oxygens (including phenoxy) is 2. The van der Waals surface area contributed by atoms with E-state index in [1.807, 2.05) is 30.1 Å². The number of rotatable bonds is 5. The van der Waals surface area contributed by atoms with Crippen molar-refractivity contribution < 1.29 is 14.3 Å². The Morgan fingerprint density at radius 2 is 1.76 bits per heavy atom. The molecule has 0 saturated carbocycles. The molecule has 1 heterocycles. The summed E-state index contributed by atoms with van der Waals surface area (Å²) in [5.74, 6) is 1.99. The molecule has 2 aromatic carbocycles. The van der Waals surface area contributed by atoms with Gasteiger partial charge < -0.3 is 9.47 Å². The van der Waals surface area contributed by atoms with Crippen LogP contribution in [0.25, 0.3) is 0 Å². The van der Waals surface area contributed by atoms with Crippen LogP contribution in [0.4, 0.5) is 0 Å². The Morgan fingerprint density at radius 1 is 1.07 bits per heavy atom. The lowest BCUT2D eigenvalue weighted by Crippen LogP contribution is -2.28. The molecular formula is C24H26N2O3. The van der Waals surface area contributed by atoms with Gasteiger partial charge in [0, 0.05) is 23.3 Å². The molecule has 1 aliphatic heterocycles. The fraction of sp³-hybridized carbons (Fsp3) is 0.333. The third-order valence-electron chi connectivity index (χ3n) is 5.76. The van der Waals surface area contributed by atoms with Crippen molar-refractivity contribution in [2.75, 3.05) is 14.2 Å². The maximum Gasteiger partial charge on any atom is 0.154 e. The molecular weight excluding hydrogens is 364 g/mol. The topological polar surface area (TPSA) is 51.1 Å². The summed E-state index contributed by atoms with van der Waals surface area (Å²) in [6.45, 7) is 3.53. The van der Waals surface area contributed by atoms with Crippen LogP contribution in [-0.4, -0.2) is 30.7 Å². The van der Waals surface area contributed by atoms with E-state index in [-0.39, 0.29) is 17.7 Å². The van der Waals surface area contributed by atoms with Gasteiger partial charge >= 0.3 is 0 Å². The van der Waals surface area contributed by atoms with Gasteiger partial charge in [-0.2, -0.15) is 5.10 Å². The van der Waals surface area contributed by atoms with Crippen LogP contribution in [0.2, 0.25) is 0 Å². The summed E-state index contributed by atoms with van der Waals surface area (Å²) in [5.41, 5.74) is 5.56. The van der Waals surface area contributed by atoms with Gasteiger partial charge in [0.2, 0.25) is 0 Å². The van der Waals surface area contributed by atoms with E-state index in [9.17, 15) is 4.79 Å². The maximum absolute atomic E-state index is 11.7. The van der Waals surface area contributed by atoms with Crippen molar-refractivity contribution in [3.8, 4) is 11.5 Å². The average Bonchev–Trinajstić information content (AvgIpc) is 3.13.